The number of amides is 1. The van der Waals surface area contributed by atoms with Gasteiger partial charge in [0.2, 0.25) is 5.91 Å². The largest absolute Gasteiger partial charge is 0.497 e. The van der Waals surface area contributed by atoms with Crippen LogP contribution in [-0.4, -0.2) is 18.6 Å². The Kier molecular flexibility index (Phi) is 5.23. The molecule has 116 valence electrons. The molecule has 3 N–H and O–H groups in total. The van der Waals surface area contributed by atoms with Crippen LogP contribution in [0.15, 0.2) is 24.3 Å². The van der Waals surface area contributed by atoms with Crippen LogP contribution in [0.5, 0.6) is 5.75 Å². The van der Waals surface area contributed by atoms with Crippen molar-refractivity contribution in [1.29, 1.82) is 0 Å². The highest BCUT2D eigenvalue weighted by atomic mass is 16.5. The average Bonchev–Trinajstić information content (AvgIpc) is 2.47. The molecule has 21 heavy (non-hydrogen) atoms. The maximum absolute atomic E-state index is 12.2. The van der Waals surface area contributed by atoms with Crippen molar-refractivity contribution in [2.24, 2.45) is 5.73 Å². The van der Waals surface area contributed by atoms with Gasteiger partial charge in [-0.25, -0.2) is 0 Å². The molecule has 0 heterocycles. The fourth-order valence-electron chi connectivity index (χ4n) is 3.02. The van der Waals surface area contributed by atoms with Crippen LogP contribution >= 0.6 is 0 Å². The zero-order chi connectivity index (χ0) is 15.3. The summed E-state index contributed by atoms with van der Waals surface area (Å²) in [5, 5.41) is 3.05. The summed E-state index contributed by atoms with van der Waals surface area (Å²) in [5.74, 6) is 0.864. The fourth-order valence-corrected chi connectivity index (χ4v) is 3.02. The predicted octanol–water partition coefficient (Wildman–Crippen LogP) is 2.92. The molecule has 1 saturated carbocycles. The molecule has 1 aliphatic rings. The number of methoxy groups -OCH3 is 1. The Morgan fingerprint density at radius 2 is 1.90 bits per heavy atom. The zero-order valence-electron chi connectivity index (χ0n) is 13.0. The molecule has 1 atom stereocenters. The third-order valence-electron chi connectivity index (χ3n) is 4.36. The molecule has 4 nitrogen and oxygen atoms in total. The highest BCUT2D eigenvalue weighted by Gasteiger charge is 2.30. The molecular weight excluding hydrogens is 264 g/mol. The van der Waals surface area contributed by atoms with Crippen molar-refractivity contribution in [1.82, 2.24) is 5.32 Å². The first-order valence-corrected chi connectivity index (χ1v) is 7.75. The van der Waals surface area contributed by atoms with Gasteiger partial charge in [-0.3, -0.25) is 4.79 Å². The van der Waals surface area contributed by atoms with Crippen LogP contribution in [-0.2, 0) is 4.79 Å². The summed E-state index contributed by atoms with van der Waals surface area (Å²) in [7, 11) is 1.64. The Morgan fingerprint density at radius 1 is 1.29 bits per heavy atom. The highest BCUT2D eigenvalue weighted by molar-refractivity contribution is 5.77. The van der Waals surface area contributed by atoms with E-state index in [2.05, 4.69) is 5.32 Å². The number of hydrogen-bond acceptors (Lipinski definition) is 3. The smallest absolute Gasteiger partial charge is 0.222 e. The monoisotopic (exact) mass is 290 g/mol. The van der Waals surface area contributed by atoms with Crippen LogP contribution in [0.3, 0.4) is 0 Å². The SMILES string of the molecule is COc1ccc([C@H](C)NC(=O)CC2(N)CCCCC2)cc1. The van der Waals surface area contributed by atoms with Gasteiger partial charge in [0.1, 0.15) is 5.75 Å². The molecule has 1 aliphatic carbocycles. The summed E-state index contributed by atoms with van der Waals surface area (Å²) in [6.45, 7) is 1.99. The van der Waals surface area contributed by atoms with E-state index in [1.54, 1.807) is 7.11 Å². The summed E-state index contributed by atoms with van der Waals surface area (Å²) in [5.41, 5.74) is 7.10. The number of rotatable bonds is 5. The van der Waals surface area contributed by atoms with Crippen LogP contribution in [0.25, 0.3) is 0 Å². The van der Waals surface area contributed by atoms with E-state index < -0.39 is 0 Å². The summed E-state index contributed by atoms with van der Waals surface area (Å²) in [6, 6.07) is 7.74. The van der Waals surface area contributed by atoms with Crippen LogP contribution in [0, 0.1) is 0 Å². The molecule has 4 heteroatoms. The molecule has 0 aromatic heterocycles. The maximum atomic E-state index is 12.2. The number of nitrogens with one attached hydrogen (secondary N) is 1. The fraction of sp³-hybridized carbons (Fsp3) is 0.588. The lowest BCUT2D eigenvalue weighted by Crippen LogP contribution is -2.46. The van der Waals surface area contributed by atoms with Crippen LogP contribution < -0.4 is 15.8 Å². The second-order valence-corrected chi connectivity index (χ2v) is 6.16. The Hall–Kier alpha value is -1.55. The molecule has 1 aromatic carbocycles. The number of ether oxygens (including phenoxy) is 1. The Labute approximate surface area is 127 Å². The van der Waals surface area contributed by atoms with Gasteiger partial charge in [-0.05, 0) is 37.5 Å². The van der Waals surface area contributed by atoms with Gasteiger partial charge < -0.3 is 15.8 Å². The average molecular weight is 290 g/mol. The third kappa shape index (κ3) is 4.46. The Morgan fingerprint density at radius 3 is 2.48 bits per heavy atom. The Balaban J connectivity index is 1.88. The summed E-state index contributed by atoms with van der Waals surface area (Å²) >= 11 is 0. The topological polar surface area (TPSA) is 64.3 Å². The number of carbonyl (C=O) groups excluding carboxylic acids is 1. The summed E-state index contributed by atoms with van der Waals surface area (Å²) in [6.07, 6.45) is 5.85. The van der Waals surface area contributed by atoms with Crippen LogP contribution in [0.2, 0.25) is 0 Å². The number of nitrogens with two attached hydrogens (primary N) is 1. The summed E-state index contributed by atoms with van der Waals surface area (Å²) in [4.78, 5) is 12.2. The van der Waals surface area contributed by atoms with E-state index in [1.807, 2.05) is 31.2 Å². The molecule has 1 aromatic rings. The van der Waals surface area contributed by atoms with Gasteiger partial charge in [0.05, 0.1) is 13.2 Å². The lowest BCUT2D eigenvalue weighted by Gasteiger charge is -2.33. The minimum absolute atomic E-state index is 0.0180. The number of benzene rings is 1. The maximum Gasteiger partial charge on any atom is 0.222 e. The standard InChI is InChI=1S/C17H26N2O2/c1-13(14-6-8-15(21-2)9-7-14)19-16(20)12-17(18)10-4-3-5-11-17/h6-9,13H,3-5,10-12,18H2,1-2H3,(H,19,20)/t13-/m0/s1. The van der Waals surface area contributed by atoms with Gasteiger partial charge in [-0.1, -0.05) is 31.4 Å². The van der Waals surface area contributed by atoms with Gasteiger partial charge in [0, 0.05) is 12.0 Å². The minimum atomic E-state index is -0.304. The van der Waals surface area contributed by atoms with E-state index in [-0.39, 0.29) is 17.5 Å². The first-order valence-electron chi connectivity index (χ1n) is 7.75. The molecule has 1 fully saturated rings. The van der Waals surface area contributed by atoms with Gasteiger partial charge in [0.15, 0.2) is 0 Å². The van der Waals surface area contributed by atoms with Crippen molar-refractivity contribution in [2.45, 2.75) is 57.0 Å². The molecule has 0 aliphatic heterocycles. The first kappa shape index (κ1) is 15.8. The molecular formula is C17H26N2O2. The van der Waals surface area contributed by atoms with Gasteiger partial charge in [0.25, 0.3) is 0 Å². The number of carbonyl (C=O) groups is 1. The van der Waals surface area contributed by atoms with Crippen molar-refractivity contribution in [3.05, 3.63) is 29.8 Å². The normalized spacial score (nSPS) is 18.8. The molecule has 0 bridgehead atoms. The third-order valence-corrected chi connectivity index (χ3v) is 4.36. The molecule has 0 radical (unpaired) electrons. The van der Waals surface area contributed by atoms with Crippen molar-refractivity contribution < 1.29 is 9.53 Å². The number of hydrogen-bond donors (Lipinski definition) is 2. The van der Waals surface area contributed by atoms with Crippen molar-refractivity contribution in [3.8, 4) is 5.75 Å². The quantitative estimate of drug-likeness (QED) is 0.876. The van der Waals surface area contributed by atoms with Crippen LogP contribution in [0.4, 0.5) is 0 Å². The Bertz CT molecular complexity index is 464. The van der Waals surface area contributed by atoms with Crippen molar-refractivity contribution >= 4 is 5.91 Å². The van der Waals surface area contributed by atoms with E-state index in [1.165, 1.54) is 6.42 Å². The lowest BCUT2D eigenvalue weighted by atomic mass is 9.80. The van der Waals surface area contributed by atoms with E-state index in [4.69, 9.17) is 10.5 Å². The molecule has 0 saturated heterocycles. The molecule has 2 rings (SSSR count). The zero-order valence-corrected chi connectivity index (χ0v) is 13.0. The van der Waals surface area contributed by atoms with Crippen molar-refractivity contribution in [2.75, 3.05) is 7.11 Å². The summed E-state index contributed by atoms with van der Waals surface area (Å²) < 4.78 is 5.14. The van der Waals surface area contributed by atoms with Gasteiger partial charge in [-0.2, -0.15) is 0 Å². The molecule has 0 unspecified atom stereocenters. The molecule has 1 amide bonds. The minimum Gasteiger partial charge on any atom is -0.497 e. The van der Waals surface area contributed by atoms with Crippen LogP contribution in [0.1, 0.15) is 57.1 Å². The van der Waals surface area contributed by atoms with E-state index >= 15 is 0 Å². The van der Waals surface area contributed by atoms with Crippen molar-refractivity contribution in [3.63, 3.8) is 0 Å². The highest BCUT2D eigenvalue weighted by Crippen LogP contribution is 2.29. The second kappa shape index (κ2) is 6.94. The molecule has 0 spiro atoms. The second-order valence-electron chi connectivity index (χ2n) is 6.16. The van der Waals surface area contributed by atoms with Gasteiger partial charge >= 0.3 is 0 Å². The van der Waals surface area contributed by atoms with E-state index in [0.717, 1.165) is 37.0 Å². The lowest BCUT2D eigenvalue weighted by molar-refractivity contribution is -0.123. The van der Waals surface area contributed by atoms with E-state index in [9.17, 15) is 4.79 Å². The first-order chi connectivity index (χ1) is 10.0. The van der Waals surface area contributed by atoms with E-state index in [0.29, 0.717) is 6.42 Å². The van der Waals surface area contributed by atoms with Gasteiger partial charge in [-0.15, -0.1) is 0 Å². The predicted molar refractivity (Wildman–Crippen MR) is 84.2 cm³/mol.